The molecular formula is C20H23Cl2N3O2. The van der Waals surface area contributed by atoms with E-state index in [1.165, 1.54) is 0 Å². The van der Waals surface area contributed by atoms with Crippen molar-refractivity contribution in [1.82, 2.24) is 4.90 Å². The minimum Gasteiger partial charge on any atom is -0.495 e. The summed E-state index contributed by atoms with van der Waals surface area (Å²) in [7, 11) is 1.68. The fraction of sp³-hybridized carbons (Fsp3) is 0.350. The highest BCUT2D eigenvalue weighted by atomic mass is 35.5. The molecule has 1 aliphatic rings. The third-order valence-corrected chi connectivity index (χ3v) is 5.52. The summed E-state index contributed by atoms with van der Waals surface area (Å²) in [5.74, 6) is 0.752. The third kappa shape index (κ3) is 4.67. The van der Waals surface area contributed by atoms with Crippen molar-refractivity contribution in [1.29, 1.82) is 0 Å². The maximum atomic E-state index is 12.4. The molecule has 3 rings (SSSR count). The molecule has 1 saturated heterocycles. The van der Waals surface area contributed by atoms with Gasteiger partial charge in [0.1, 0.15) is 5.75 Å². The minimum absolute atomic E-state index is 0.116. The van der Waals surface area contributed by atoms with Crippen LogP contribution in [-0.4, -0.2) is 50.6 Å². The molecule has 0 bridgehead atoms. The topological polar surface area (TPSA) is 44.8 Å². The number of benzene rings is 2. The molecule has 1 amide bonds. The molecule has 0 atom stereocenters. The van der Waals surface area contributed by atoms with Gasteiger partial charge >= 0.3 is 0 Å². The number of halogens is 2. The zero-order valence-electron chi connectivity index (χ0n) is 15.5. The summed E-state index contributed by atoms with van der Waals surface area (Å²) in [5, 5.41) is 3.78. The fourth-order valence-electron chi connectivity index (χ4n) is 3.19. The van der Waals surface area contributed by atoms with Gasteiger partial charge in [-0.25, -0.2) is 0 Å². The van der Waals surface area contributed by atoms with Crippen LogP contribution >= 0.6 is 23.2 Å². The Hall–Kier alpha value is -1.95. The van der Waals surface area contributed by atoms with E-state index in [2.05, 4.69) is 21.2 Å². The van der Waals surface area contributed by atoms with Gasteiger partial charge in [-0.1, -0.05) is 41.4 Å². The zero-order valence-corrected chi connectivity index (χ0v) is 17.0. The second-order valence-electron chi connectivity index (χ2n) is 6.54. The van der Waals surface area contributed by atoms with E-state index in [-0.39, 0.29) is 5.91 Å². The van der Waals surface area contributed by atoms with Gasteiger partial charge < -0.3 is 15.0 Å². The number of nitrogens with one attached hydrogen (secondary N) is 1. The largest absolute Gasteiger partial charge is 0.495 e. The molecule has 0 unspecified atom stereocenters. The van der Waals surface area contributed by atoms with Crippen LogP contribution in [0.3, 0.4) is 0 Å². The molecule has 5 nitrogen and oxygen atoms in total. The van der Waals surface area contributed by atoms with Crippen LogP contribution in [0.5, 0.6) is 5.75 Å². The van der Waals surface area contributed by atoms with Crippen molar-refractivity contribution in [3.05, 3.63) is 52.0 Å². The van der Waals surface area contributed by atoms with Gasteiger partial charge in [-0.15, -0.1) is 0 Å². The molecule has 0 spiro atoms. The molecule has 144 valence electrons. The van der Waals surface area contributed by atoms with Gasteiger partial charge in [0.2, 0.25) is 5.91 Å². The van der Waals surface area contributed by atoms with Crippen LogP contribution in [0.1, 0.15) is 5.56 Å². The van der Waals surface area contributed by atoms with Crippen LogP contribution < -0.4 is 15.0 Å². The Morgan fingerprint density at radius 1 is 1.11 bits per heavy atom. The van der Waals surface area contributed by atoms with E-state index >= 15 is 0 Å². The van der Waals surface area contributed by atoms with Crippen molar-refractivity contribution in [2.75, 3.05) is 50.1 Å². The van der Waals surface area contributed by atoms with Crippen molar-refractivity contribution in [2.24, 2.45) is 0 Å². The number of rotatable bonds is 5. The SMILES string of the molecule is COc1ccccc1N1CCN(CC(=O)Nc2c(Cl)ccc(C)c2Cl)CC1. The van der Waals surface area contributed by atoms with E-state index < -0.39 is 0 Å². The number of nitrogens with zero attached hydrogens (tertiary/aromatic N) is 2. The van der Waals surface area contributed by atoms with Gasteiger partial charge in [-0.05, 0) is 30.7 Å². The van der Waals surface area contributed by atoms with Crippen LogP contribution in [-0.2, 0) is 4.79 Å². The van der Waals surface area contributed by atoms with E-state index in [1.54, 1.807) is 13.2 Å². The third-order valence-electron chi connectivity index (χ3n) is 4.71. The van der Waals surface area contributed by atoms with E-state index in [9.17, 15) is 4.79 Å². The molecular weight excluding hydrogens is 385 g/mol. The zero-order chi connectivity index (χ0) is 19.4. The maximum Gasteiger partial charge on any atom is 0.238 e. The molecule has 7 heteroatoms. The lowest BCUT2D eigenvalue weighted by Gasteiger charge is -2.36. The molecule has 2 aromatic carbocycles. The molecule has 1 N–H and O–H groups in total. The first-order valence-electron chi connectivity index (χ1n) is 8.84. The summed E-state index contributed by atoms with van der Waals surface area (Å²) in [6, 6.07) is 11.6. The number of carbonyl (C=O) groups excluding carboxylic acids is 1. The fourth-order valence-corrected chi connectivity index (χ4v) is 3.66. The molecule has 0 saturated carbocycles. The van der Waals surface area contributed by atoms with Crippen LogP contribution in [0, 0.1) is 6.92 Å². The molecule has 0 aromatic heterocycles. The number of para-hydroxylation sites is 2. The Kier molecular flexibility index (Phi) is 6.47. The number of amides is 1. The Bertz CT molecular complexity index is 821. The second kappa shape index (κ2) is 8.83. The molecule has 1 fully saturated rings. The standard InChI is InChI=1S/C20H23Cl2N3O2/c1-14-7-8-15(21)20(19(14)22)23-18(26)13-24-9-11-25(12-10-24)16-5-3-4-6-17(16)27-2/h3-8H,9-13H2,1-2H3,(H,23,26). The summed E-state index contributed by atoms with van der Waals surface area (Å²) in [5.41, 5.74) is 2.44. The number of carbonyl (C=O) groups is 1. The van der Waals surface area contributed by atoms with Crippen molar-refractivity contribution in [2.45, 2.75) is 6.92 Å². The smallest absolute Gasteiger partial charge is 0.238 e. The lowest BCUT2D eigenvalue weighted by molar-refractivity contribution is -0.117. The second-order valence-corrected chi connectivity index (χ2v) is 7.32. The minimum atomic E-state index is -0.116. The van der Waals surface area contributed by atoms with E-state index in [4.69, 9.17) is 27.9 Å². The normalized spacial score (nSPS) is 14.9. The average Bonchev–Trinajstić information content (AvgIpc) is 2.69. The summed E-state index contributed by atoms with van der Waals surface area (Å²) in [4.78, 5) is 16.8. The van der Waals surface area contributed by atoms with Crippen molar-refractivity contribution in [3.63, 3.8) is 0 Å². The predicted octanol–water partition coefficient (Wildman–Crippen LogP) is 4.07. The summed E-state index contributed by atoms with van der Waals surface area (Å²) in [6.07, 6.45) is 0. The summed E-state index contributed by atoms with van der Waals surface area (Å²) in [6.45, 7) is 5.44. The molecule has 27 heavy (non-hydrogen) atoms. The first-order valence-corrected chi connectivity index (χ1v) is 9.60. The van der Waals surface area contributed by atoms with Crippen LogP contribution in [0.2, 0.25) is 10.0 Å². The number of piperazine rings is 1. The Morgan fingerprint density at radius 2 is 1.81 bits per heavy atom. The predicted molar refractivity (Wildman–Crippen MR) is 111 cm³/mol. The highest BCUT2D eigenvalue weighted by molar-refractivity contribution is 6.40. The van der Waals surface area contributed by atoms with Gasteiger partial charge in [0.15, 0.2) is 0 Å². The number of hydrogen-bond acceptors (Lipinski definition) is 4. The number of anilines is 2. The molecule has 0 aliphatic carbocycles. The number of aryl methyl sites for hydroxylation is 1. The Balaban J connectivity index is 1.56. The Morgan fingerprint density at radius 3 is 2.52 bits per heavy atom. The number of ether oxygens (including phenoxy) is 1. The first-order chi connectivity index (χ1) is 13.0. The molecule has 2 aromatic rings. The van der Waals surface area contributed by atoms with Crippen molar-refractivity contribution in [3.8, 4) is 5.75 Å². The van der Waals surface area contributed by atoms with Crippen molar-refractivity contribution >= 4 is 40.5 Å². The quantitative estimate of drug-likeness (QED) is 0.810. The van der Waals surface area contributed by atoms with Gasteiger partial charge in [0.25, 0.3) is 0 Å². The van der Waals surface area contributed by atoms with Gasteiger partial charge in [-0.3, -0.25) is 9.69 Å². The number of methoxy groups -OCH3 is 1. The van der Waals surface area contributed by atoms with Crippen molar-refractivity contribution < 1.29 is 9.53 Å². The van der Waals surface area contributed by atoms with E-state index in [1.807, 2.05) is 31.2 Å². The van der Waals surface area contributed by atoms with Gasteiger partial charge in [0, 0.05) is 26.2 Å². The van der Waals surface area contributed by atoms with Gasteiger partial charge in [0.05, 0.1) is 35.1 Å². The van der Waals surface area contributed by atoms with E-state index in [0.717, 1.165) is 43.2 Å². The van der Waals surface area contributed by atoms with E-state index in [0.29, 0.717) is 22.3 Å². The van der Waals surface area contributed by atoms with Crippen LogP contribution in [0.4, 0.5) is 11.4 Å². The lowest BCUT2D eigenvalue weighted by atomic mass is 10.2. The average molecular weight is 408 g/mol. The maximum absolute atomic E-state index is 12.4. The number of hydrogen-bond donors (Lipinski definition) is 1. The highest BCUT2D eigenvalue weighted by Gasteiger charge is 2.21. The van der Waals surface area contributed by atoms with Crippen LogP contribution in [0.15, 0.2) is 36.4 Å². The summed E-state index contributed by atoms with van der Waals surface area (Å²) < 4.78 is 5.44. The molecule has 1 aliphatic heterocycles. The summed E-state index contributed by atoms with van der Waals surface area (Å²) >= 11 is 12.4. The highest BCUT2D eigenvalue weighted by Crippen LogP contribution is 2.33. The monoisotopic (exact) mass is 407 g/mol. The lowest BCUT2D eigenvalue weighted by Crippen LogP contribution is -2.48. The first kappa shape index (κ1) is 19.8. The Labute approximate surface area is 169 Å². The van der Waals surface area contributed by atoms with Gasteiger partial charge in [-0.2, -0.15) is 0 Å². The molecule has 0 radical (unpaired) electrons. The van der Waals surface area contributed by atoms with Crippen LogP contribution in [0.25, 0.3) is 0 Å². The molecule has 1 heterocycles.